The zero-order chi connectivity index (χ0) is 21.1. The van der Waals surface area contributed by atoms with E-state index < -0.39 is 0 Å². The van der Waals surface area contributed by atoms with Crippen LogP contribution < -0.4 is 10.3 Å². The van der Waals surface area contributed by atoms with Gasteiger partial charge in [0.15, 0.2) is 0 Å². The molecule has 6 heteroatoms. The van der Waals surface area contributed by atoms with E-state index in [1.54, 1.807) is 6.07 Å². The molecular weight excluding hydrogens is 380 g/mol. The number of carbonyl (C=O) groups excluding carboxylic acids is 1. The Morgan fingerprint density at radius 1 is 1.07 bits per heavy atom. The van der Waals surface area contributed by atoms with Gasteiger partial charge in [-0.2, -0.15) is 0 Å². The number of fused-ring (bicyclic) bond motifs is 4. The van der Waals surface area contributed by atoms with E-state index in [4.69, 9.17) is 9.47 Å². The third kappa shape index (κ3) is 4.75. The van der Waals surface area contributed by atoms with Crippen molar-refractivity contribution in [2.75, 3.05) is 26.2 Å². The average Bonchev–Trinajstić information content (AvgIpc) is 2.73. The zero-order valence-corrected chi connectivity index (χ0v) is 17.7. The van der Waals surface area contributed by atoms with E-state index in [0.717, 1.165) is 37.5 Å². The van der Waals surface area contributed by atoms with Gasteiger partial charge in [-0.3, -0.25) is 14.5 Å². The van der Waals surface area contributed by atoms with Crippen LogP contribution in [0.15, 0.2) is 53.3 Å². The second kappa shape index (κ2) is 9.04. The molecule has 0 radical (unpaired) electrons. The maximum absolute atomic E-state index is 12.3. The Morgan fingerprint density at radius 2 is 1.87 bits per heavy atom. The number of likely N-dealkylation sites (tertiary alicyclic amines) is 1. The van der Waals surface area contributed by atoms with Crippen LogP contribution in [0.2, 0.25) is 0 Å². The number of aromatic nitrogens is 1. The molecule has 1 fully saturated rings. The number of esters is 1. The molecule has 2 aliphatic rings. The summed E-state index contributed by atoms with van der Waals surface area (Å²) < 4.78 is 13.6. The van der Waals surface area contributed by atoms with Crippen molar-refractivity contribution in [3.63, 3.8) is 0 Å². The summed E-state index contributed by atoms with van der Waals surface area (Å²) in [5.41, 5.74) is 1.22. The number of piperidine rings is 1. The van der Waals surface area contributed by atoms with Gasteiger partial charge in [0, 0.05) is 43.9 Å². The van der Waals surface area contributed by atoms with Crippen LogP contribution in [0, 0.1) is 11.8 Å². The summed E-state index contributed by atoms with van der Waals surface area (Å²) >= 11 is 0. The van der Waals surface area contributed by atoms with Gasteiger partial charge < -0.3 is 14.0 Å². The molecule has 0 N–H and O–H groups in total. The third-order valence-corrected chi connectivity index (χ3v) is 5.95. The highest BCUT2D eigenvalue weighted by Crippen LogP contribution is 2.35. The summed E-state index contributed by atoms with van der Waals surface area (Å²) in [5, 5.41) is 0. The topological polar surface area (TPSA) is 60.8 Å². The van der Waals surface area contributed by atoms with E-state index in [1.807, 2.05) is 54.8 Å². The predicted octanol–water partition coefficient (Wildman–Crippen LogP) is 2.91. The number of pyridine rings is 1. The fourth-order valence-corrected chi connectivity index (χ4v) is 4.56. The number of benzene rings is 1. The van der Waals surface area contributed by atoms with E-state index in [2.05, 4.69) is 11.0 Å². The van der Waals surface area contributed by atoms with E-state index in [0.29, 0.717) is 25.0 Å². The lowest BCUT2D eigenvalue weighted by molar-refractivity contribution is -0.155. The summed E-state index contributed by atoms with van der Waals surface area (Å²) in [7, 11) is 0. The summed E-state index contributed by atoms with van der Waals surface area (Å²) in [5.74, 6) is 1.16. The van der Waals surface area contributed by atoms with Crippen LogP contribution in [0.25, 0.3) is 0 Å². The number of para-hydroxylation sites is 1. The molecule has 3 heterocycles. The highest BCUT2D eigenvalue weighted by atomic mass is 16.6. The highest BCUT2D eigenvalue weighted by molar-refractivity contribution is 5.71. The maximum atomic E-state index is 12.3. The molecule has 4 rings (SSSR count). The lowest BCUT2D eigenvalue weighted by Gasteiger charge is -2.43. The molecule has 0 amide bonds. The fraction of sp³-hybridized carbons (Fsp3) is 0.500. The van der Waals surface area contributed by atoms with Crippen molar-refractivity contribution in [2.24, 2.45) is 11.8 Å². The maximum Gasteiger partial charge on any atom is 0.308 e. The first kappa shape index (κ1) is 20.7. The quantitative estimate of drug-likeness (QED) is 0.657. The van der Waals surface area contributed by atoms with E-state index >= 15 is 0 Å². The molecule has 3 atom stereocenters. The molecule has 2 aromatic rings. The van der Waals surface area contributed by atoms with Crippen LogP contribution in [-0.2, 0) is 16.1 Å². The molecule has 1 aromatic heterocycles. The normalized spacial score (nSPS) is 21.7. The SMILES string of the molecule is CC(C)C(=O)O[C@@H](COc1ccccc1)CN1C[C@H]2C[C@H](C1)c1cccc(=O)n1C2. The van der Waals surface area contributed by atoms with Crippen molar-refractivity contribution in [1.82, 2.24) is 9.47 Å². The van der Waals surface area contributed by atoms with Gasteiger partial charge in [0.2, 0.25) is 0 Å². The number of nitrogens with zero attached hydrogens (tertiary/aromatic N) is 2. The first-order chi connectivity index (χ1) is 14.5. The van der Waals surface area contributed by atoms with Gasteiger partial charge >= 0.3 is 5.97 Å². The standard InChI is InChI=1S/C24H30N2O4/c1-17(2)24(28)30-21(16-29-20-7-4-3-5-8-20)15-25-12-18-11-19(14-25)22-9-6-10-23(27)26(22)13-18/h3-10,17-19,21H,11-16H2,1-2H3/t18-,19-,21-/m1/s1. The van der Waals surface area contributed by atoms with Crippen molar-refractivity contribution in [2.45, 2.75) is 38.8 Å². The van der Waals surface area contributed by atoms with Gasteiger partial charge in [-0.1, -0.05) is 38.1 Å². The minimum atomic E-state index is -0.336. The van der Waals surface area contributed by atoms with Crippen LogP contribution in [0.1, 0.15) is 31.9 Å². The Morgan fingerprint density at radius 3 is 2.63 bits per heavy atom. The molecule has 30 heavy (non-hydrogen) atoms. The minimum absolute atomic E-state index is 0.0932. The largest absolute Gasteiger partial charge is 0.490 e. The summed E-state index contributed by atoms with van der Waals surface area (Å²) in [6.07, 6.45) is 0.772. The van der Waals surface area contributed by atoms with Gasteiger partial charge in [-0.05, 0) is 30.5 Å². The molecule has 6 nitrogen and oxygen atoms in total. The van der Waals surface area contributed by atoms with Crippen LogP contribution in [0.3, 0.4) is 0 Å². The summed E-state index contributed by atoms with van der Waals surface area (Å²) in [6, 6.07) is 15.2. The number of hydrogen-bond acceptors (Lipinski definition) is 5. The highest BCUT2D eigenvalue weighted by Gasteiger charge is 2.35. The fourth-order valence-electron chi connectivity index (χ4n) is 4.56. The molecule has 1 saturated heterocycles. The number of hydrogen-bond donors (Lipinski definition) is 0. The predicted molar refractivity (Wildman–Crippen MR) is 115 cm³/mol. The Bertz CT molecular complexity index is 924. The van der Waals surface area contributed by atoms with Gasteiger partial charge in [0.1, 0.15) is 18.5 Å². The average molecular weight is 411 g/mol. The molecule has 2 aliphatic heterocycles. The summed E-state index contributed by atoms with van der Waals surface area (Å²) in [6.45, 7) is 7.17. The van der Waals surface area contributed by atoms with E-state index in [-0.39, 0.29) is 23.6 Å². The molecule has 1 aromatic carbocycles. The van der Waals surface area contributed by atoms with Gasteiger partial charge in [-0.15, -0.1) is 0 Å². The Kier molecular flexibility index (Phi) is 6.23. The van der Waals surface area contributed by atoms with E-state index in [9.17, 15) is 9.59 Å². The van der Waals surface area contributed by atoms with E-state index in [1.165, 1.54) is 0 Å². The third-order valence-electron chi connectivity index (χ3n) is 5.95. The van der Waals surface area contributed by atoms with Gasteiger partial charge in [0.25, 0.3) is 5.56 Å². The molecule has 0 saturated carbocycles. The van der Waals surface area contributed by atoms with Crippen molar-refractivity contribution in [3.05, 3.63) is 64.6 Å². The lowest BCUT2D eigenvalue weighted by atomic mass is 9.83. The number of ether oxygens (including phenoxy) is 2. The van der Waals surface area contributed by atoms with Crippen LogP contribution in [-0.4, -0.2) is 47.8 Å². The van der Waals surface area contributed by atoms with Crippen LogP contribution >= 0.6 is 0 Å². The monoisotopic (exact) mass is 410 g/mol. The van der Waals surface area contributed by atoms with Crippen LogP contribution in [0.4, 0.5) is 0 Å². The van der Waals surface area contributed by atoms with Crippen molar-refractivity contribution < 1.29 is 14.3 Å². The second-order valence-electron chi connectivity index (χ2n) is 8.75. The van der Waals surface area contributed by atoms with Crippen molar-refractivity contribution in [3.8, 4) is 5.75 Å². The van der Waals surface area contributed by atoms with Crippen LogP contribution in [0.5, 0.6) is 5.75 Å². The first-order valence-corrected chi connectivity index (χ1v) is 10.8. The summed E-state index contributed by atoms with van der Waals surface area (Å²) in [4.78, 5) is 26.9. The molecule has 160 valence electrons. The molecular formula is C24H30N2O4. The van der Waals surface area contributed by atoms with Crippen molar-refractivity contribution in [1.29, 1.82) is 0 Å². The van der Waals surface area contributed by atoms with Crippen molar-refractivity contribution >= 4 is 5.97 Å². The zero-order valence-electron chi connectivity index (χ0n) is 17.7. The second-order valence-corrected chi connectivity index (χ2v) is 8.75. The minimum Gasteiger partial charge on any atom is -0.490 e. The number of rotatable bonds is 7. The van der Waals surface area contributed by atoms with Gasteiger partial charge in [0.05, 0.1) is 5.92 Å². The first-order valence-electron chi connectivity index (χ1n) is 10.8. The molecule has 0 aliphatic carbocycles. The number of carbonyl (C=O) groups is 1. The van der Waals surface area contributed by atoms with Gasteiger partial charge in [-0.25, -0.2) is 0 Å². The Labute approximate surface area is 177 Å². The molecule has 0 spiro atoms. The molecule has 0 unspecified atom stereocenters. The Balaban J connectivity index is 1.44. The lowest BCUT2D eigenvalue weighted by Crippen LogP contribution is -2.50. The Hall–Kier alpha value is -2.60. The smallest absolute Gasteiger partial charge is 0.308 e. The molecule has 2 bridgehead atoms.